The van der Waals surface area contributed by atoms with Gasteiger partial charge in [0.25, 0.3) is 5.91 Å². The summed E-state index contributed by atoms with van der Waals surface area (Å²) in [6, 6.07) is 1.63. The van der Waals surface area contributed by atoms with Crippen molar-refractivity contribution in [3.05, 3.63) is 59.2 Å². The molecule has 2 saturated carbocycles. The third kappa shape index (κ3) is 4.13. The van der Waals surface area contributed by atoms with E-state index in [1.807, 2.05) is 18.4 Å². The van der Waals surface area contributed by atoms with E-state index < -0.39 is 12.0 Å². The number of aliphatic imine (C=N–C) groups is 1. The van der Waals surface area contributed by atoms with Crippen LogP contribution in [-0.2, 0) is 4.79 Å². The first-order valence-electron chi connectivity index (χ1n) is 11.3. The van der Waals surface area contributed by atoms with Crippen molar-refractivity contribution < 1.29 is 9.18 Å². The van der Waals surface area contributed by atoms with Crippen molar-refractivity contribution in [2.45, 2.75) is 57.0 Å². The summed E-state index contributed by atoms with van der Waals surface area (Å²) in [4.78, 5) is 22.1. The fourth-order valence-corrected chi connectivity index (χ4v) is 5.32. The lowest BCUT2D eigenvalue weighted by molar-refractivity contribution is -0.113. The summed E-state index contributed by atoms with van der Waals surface area (Å²) in [5.41, 5.74) is 9.63. The lowest BCUT2D eigenvalue weighted by Crippen LogP contribution is -2.33. The van der Waals surface area contributed by atoms with Crippen LogP contribution in [0.25, 0.3) is 0 Å². The lowest BCUT2D eigenvalue weighted by atomic mass is 9.76. The summed E-state index contributed by atoms with van der Waals surface area (Å²) in [5, 5.41) is 3.04. The summed E-state index contributed by atoms with van der Waals surface area (Å²) in [6.45, 7) is 2.23. The molecule has 0 radical (unpaired) electrons. The number of carbonyl (C=O) groups excluding carboxylic acids is 1. The molecule has 1 aliphatic heterocycles. The Morgan fingerprint density at radius 1 is 1.19 bits per heavy atom. The normalized spacial score (nSPS) is 32.5. The molecule has 2 heterocycles. The van der Waals surface area contributed by atoms with E-state index in [2.05, 4.69) is 22.2 Å². The number of carbonyl (C=O) groups is 1. The molecule has 3 aliphatic carbocycles. The maximum absolute atomic E-state index is 14.6. The smallest absolute Gasteiger partial charge is 0.253 e. The Morgan fingerprint density at radius 2 is 2.03 bits per heavy atom. The van der Waals surface area contributed by atoms with Crippen molar-refractivity contribution in [2.75, 3.05) is 5.32 Å². The van der Waals surface area contributed by atoms with Gasteiger partial charge in [0.05, 0.1) is 23.8 Å². The molecule has 5 rings (SSSR count). The Bertz CT molecular complexity index is 997. The van der Waals surface area contributed by atoms with Gasteiger partial charge in [-0.05, 0) is 79.2 Å². The van der Waals surface area contributed by atoms with E-state index >= 15 is 0 Å². The van der Waals surface area contributed by atoms with E-state index in [0.717, 1.165) is 43.2 Å². The van der Waals surface area contributed by atoms with Crippen molar-refractivity contribution in [1.82, 2.24) is 4.98 Å². The predicted molar refractivity (Wildman–Crippen MR) is 120 cm³/mol. The second-order valence-corrected chi connectivity index (χ2v) is 9.55. The van der Waals surface area contributed by atoms with Crippen LogP contribution in [-0.4, -0.2) is 29.2 Å². The second kappa shape index (κ2) is 8.15. The molecule has 4 aliphatic rings. The predicted octanol–water partition coefficient (Wildman–Crippen LogP) is 4.45. The van der Waals surface area contributed by atoms with Crippen LogP contribution < -0.4 is 11.1 Å². The van der Waals surface area contributed by atoms with Gasteiger partial charge in [-0.1, -0.05) is 13.0 Å². The number of nitrogens with zero attached hydrogens (tertiary/aromatic N) is 2. The zero-order valence-corrected chi connectivity index (χ0v) is 17.8. The molecule has 5 atom stereocenters. The number of hydrogen-bond acceptors (Lipinski definition) is 4. The molecule has 3 N–H and O–H groups in total. The Balaban J connectivity index is 1.37. The number of allylic oxidation sites excluding steroid dienone is 3. The van der Waals surface area contributed by atoms with Crippen LogP contribution in [0, 0.1) is 17.8 Å². The minimum absolute atomic E-state index is 0.171. The summed E-state index contributed by atoms with van der Waals surface area (Å²) in [5.74, 6) is 0.369. The van der Waals surface area contributed by atoms with Gasteiger partial charge >= 0.3 is 0 Å². The monoisotopic (exact) mass is 420 g/mol. The molecule has 2 fully saturated rings. The Morgan fingerprint density at radius 3 is 2.81 bits per heavy atom. The number of rotatable bonds is 4. The number of nitrogens with one attached hydrogen (secondary N) is 1. The van der Waals surface area contributed by atoms with E-state index in [4.69, 9.17) is 5.73 Å². The van der Waals surface area contributed by atoms with Crippen LogP contribution in [0.2, 0.25) is 0 Å². The molecule has 1 aromatic rings. The molecule has 1 aromatic heterocycles. The number of fused-ring (bicyclic) bond motifs is 1. The fraction of sp³-hybridized carbons (Fsp3) is 0.480. The van der Waals surface area contributed by atoms with Crippen molar-refractivity contribution in [2.24, 2.45) is 28.5 Å². The highest BCUT2D eigenvalue weighted by molar-refractivity contribution is 6.06. The second-order valence-electron chi connectivity index (χ2n) is 9.55. The third-order valence-electron chi connectivity index (χ3n) is 6.99. The maximum Gasteiger partial charge on any atom is 0.253 e. The van der Waals surface area contributed by atoms with Gasteiger partial charge in [0.1, 0.15) is 5.83 Å². The van der Waals surface area contributed by atoms with Crippen LogP contribution >= 0.6 is 0 Å². The largest absolute Gasteiger partial charge is 0.328 e. The fourth-order valence-electron chi connectivity index (χ4n) is 5.32. The maximum atomic E-state index is 14.6. The molecule has 5 nitrogen and oxygen atoms in total. The van der Waals surface area contributed by atoms with E-state index in [-0.39, 0.29) is 17.8 Å². The average Bonchev–Trinajstić information content (AvgIpc) is 3.59. The minimum atomic E-state index is -0.518. The van der Waals surface area contributed by atoms with Crippen LogP contribution in [0.3, 0.4) is 0 Å². The van der Waals surface area contributed by atoms with E-state index in [9.17, 15) is 9.18 Å². The first-order chi connectivity index (χ1) is 15.0. The number of nitrogens with two attached hydrogens (primary N) is 1. The highest BCUT2D eigenvalue weighted by Crippen LogP contribution is 2.42. The standard InChI is InChI=1S/C25H29FN4O/c1-14-8-16(10-18(27)9-14)19-6-7-28-13-23(19)30-25(31)20-4-5-22(26)21-11-17(15-2-3-15)12-29-24(20)21/h4-7,11-16,18,21,24H,2-3,8-10,27H2,1H3,(H,30,31)/t14-,16+,18-,21?,24?/m0/s1. The zero-order chi connectivity index (χ0) is 21.5. The van der Waals surface area contributed by atoms with Crippen LogP contribution in [0.15, 0.2) is 58.7 Å². The molecule has 0 bridgehead atoms. The molecule has 6 heteroatoms. The van der Waals surface area contributed by atoms with Crippen molar-refractivity contribution >= 4 is 17.8 Å². The average molecular weight is 421 g/mol. The number of anilines is 1. The van der Waals surface area contributed by atoms with E-state index in [1.54, 1.807) is 18.5 Å². The number of aromatic nitrogens is 1. The molecule has 0 aromatic carbocycles. The lowest BCUT2D eigenvalue weighted by Gasteiger charge is -2.33. The van der Waals surface area contributed by atoms with Crippen LogP contribution in [0.5, 0.6) is 0 Å². The van der Waals surface area contributed by atoms with Crippen molar-refractivity contribution in [1.29, 1.82) is 0 Å². The van der Waals surface area contributed by atoms with E-state index in [1.165, 1.54) is 6.08 Å². The van der Waals surface area contributed by atoms with Crippen LogP contribution in [0.1, 0.15) is 50.5 Å². The highest BCUT2D eigenvalue weighted by Gasteiger charge is 2.37. The molecule has 2 unspecified atom stereocenters. The number of amides is 1. The molecule has 1 amide bonds. The van der Waals surface area contributed by atoms with Gasteiger partial charge in [-0.25, -0.2) is 4.39 Å². The van der Waals surface area contributed by atoms with Gasteiger partial charge in [-0.3, -0.25) is 14.8 Å². The van der Waals surface area contributed by atoms with Gasteiger partial charge in [0.2, 0.25) is 0 Å². The number of dihydropyridines is 1. The first kappa shape index (κ1) is 20.3. The van der Waals surface area contributed by atoms with Crippen molar-refractivity contribution in [3.8, 4) is 0 Å². The van der Waals surface area contributed by atoms with Crippen LogP contribution in [0.4, 0.5) is 10.1 Å². The van der Waals surface area contributed by atoms with Gasteiger partial charge in [0.15, 0.2) is 0 Å². The molecule has 162 valence electrons. The highest BCUT2D eigenvalue weighted by atomic mass is 19.1. The molecule has 0 spiro atoms. The summed E-state index contributed by atoms with van der Waals surface area (Å²) in [7, 11) is 0. The Labute approximate surface area is 182 Å². The first-order valence-corrected chi connectivity index (χ1v) is 11.3. The van der Waals surface area contributed by atoms with E-state index in [0.29, 0.717) is 29.0 Å². The molecule has 0 saturated heterocycles. The Kier molecular flexibility index (Phi) is 5.34. The molecular weight excluding hydrogens is 391 g/mol. The zero-order valence-electron chi connectivity index (χ0n) is 17.8. The number of hydrogen-bond donors (Lipinski definition) is 2. The summed E-state index contributed by atoms with van der Waals surface area (Å²) < 4.78 is 14.6. The Hall–Kier alpha value is -2.60. The SMILES string of the molecule is C[C@@H]1C[C@H](N)C[C@H](c2ccncc2NC(=O)C2=CC=C(F)C3C=C(C4CC4)C=NC23)C1. The van der Waals surface area contributed by atoms with Crippen molar-refractivity contribution in [3.63, 3.8) is 0 Å². The van der Waals surface area contributed by atoms with Gasteiger partial charge < -0.3 is 11.1 Å². The minimum Gasteiger partial charge on any atom is -0.328 e. The number of halogens is 1. The third-order valence-corrected chi connectivity index (χ3v) is 6.99. The molecule has 31 heavy (non-hydrogen) atoms. The molecular formula is C25H29FN4O. The number of pyridine rings is 1. The topological polar surface area (TPSA) is 80.4 Å². The van der Waals surface area contributed by atoms with Gasteiger partial charge in [-0.2, -0.15) is 0 Å². The summed E-state index contributed by atoms with van der Waals surface area (Å²) in [6.07, 6.45) is 15.5. The van der Waals surface area contributed by atoms with Gasteiger partial charge in [0, 0.05) is 24.0 Å². The quantitative estimate of drug-likeness (QED) is 0.755. The van der Waals surface area contributed by atoms with Gasteiger partial charge in [-0.15, -0.1) is 0 Å². The summed E-state index contributed by atoms with van der Waals surface area (Å²) >= 11 is 0.